The van der Waals surface area contributed by atoms with E-state index in [9.17, 15) is 9.18 Å². The van der Waals surface area contributed by atoms with E-state index in [4.69, 9.17) is 9.47 Å². The van der Waals surface area contributed by atoms with Crippen molar-refractivity contribution in [3.63, 3.8) is 0 Å². The van der Waals surface area contributed by atoms with E-state index in [0.29, 0.717) is 17.7 Å². The quantitative estimate of drug-likeness (QED) is 0.889. The van der Waals surface area contributed by atoms with E-state index in [-0.39, 0.29) is 24.8 Å². The molecule has 1 atom stereocenters. The topological polar surface area (TPSA) is 47.6 Å². The third kappa shape index (κ3) is 2.79. The summed E-state index contributed by atoms with van der Waals surface area (Å²) < 4.78 is 23.5. The summed E-state index contributed by atoms with van der Waals surface area (Å²) in [7, 11) is 1.47. The first-order valence-electron chi connectivity index (χ1n) is 4.98. The van der Waals surface area contributed by atoms with Gasteiger partial charge < -0.3 is 14.8 Å². The van der Waals surface area contributed by atoms with Gasteiger partial charge in [0.1, 0.15) is 11.6 Å². The molecule has 0 unspecified atom stereocenters. The SMILES string of the molecule is COc1cccc(F)c1[C@@H]1CCOC(=O)N1.Cl. The molecule has 1 aliphatic rings. The van der Waals surface area contributed by atoms with Crippen LogP contribution in [0.25, 0.3) is 0 Å². The summed E-state index contributed by atoms with van der Waals surface area (Å²) in [6.07, 6.45) is 0.00445. The van der Waals surface area contributed by atoms with Crippen molar-refractivity contribution in [2.24, 2.45) is 0 Å². The van der Waals surface area contributed by atoms with Crippen LogP contribution in [-0.4, -0.2) is 19.8 Å². The number of nitrogens with one attached hydrogen (secondary N) is 1. The van der Waals surface area contributed by atoms with E-state index in [1.54, 1.807) is 12.1 Å². The van der Waals surface area contributed by atoms with Gasteiger partial charge in [-0.05, 0) is 12.1 Å². The van der Waals surface area contributed by atoms with E-state index in [2.05, 4.69) is 5.32 Å². The van der Waals surface area contributed by atoms with E-state index in [0.717, 1.165) is 0 Å². The first-order valence-corrected chi connectivity index (χ1v) is 4.98. The maximum absolute atomic E-state index is 13.7. The monoisotopic (exact) mass is 261 g/mol. The van der Waals surface area contributed by atoms with E-state index in [1.165, 1.54) is 13.2 Å². The van der Waals surface area contributed by atoms with E-state index < -0.39 is 12.1 Å². The summed E-state index contributed by atoms with van der Waals surface area (Å²) in [4.78, 5) is 11.1. The van der Waals surface area contributed by atoms with Gasteiger partial charge in [0.25, 0.3) is 0 Å². The van der Waals surface area contributed by atoms with Gasteiger partial charge in [0.2, 0.25) is 0 Å². The second-order valence-electron chi connectivity index (χ2n) is 3.48. The minimum absolute atomic E-state index is 0. The number of benzene rings is 1. The molecule has 1 saturated heterocycles. The van der Waals surface area contributed by atoms with Crippen molar-refractivity contribution in [2.45, 2.75) is 12.5 Å². The lowest BCUT2D eigenvalue weighted by Gasteiger charge is -2.25. The van der Waals surface area contributed by atoms with Crippen LogP contribution in [0.4, 0.5) is 9.18 Å². The fourth-order valence-corrected chi connectivity index (χ4v) is 1.78. The zero-order valence-electron chi connectivity index (χ0n) is 9.23. The molecule has 0 bridgehead atoms. The van der Waals surface area contributed by atoms with Gasteiger partial charge in [0.15, 0.2) is 0 Å². The van der Waals surface area contributed by atoms with E-state index in [1.807, 2.05) is 0 Å². The number of methoxy groups -OCH3 is 1. The normalized spacial score (nSPS) is 18.7. The molecule has 0 saturated carbocycles. The van der Waals surface area contributed by atoms with Crippen LogP contribution in [0.5, 0.6) is 5.75 Å². The van der Waals surface area contributed by atoms with Gasteiger partial charge in [-0.25, -0.2) is 9.18 Å². The number of hydrogen-bond donors (Lipinski definition) is 1. The second-order valence-corrected chi connectivity index (χ2v) is 3.48. The first-order chi connectivity index (χ1) is 7.72. The summed E-state index contributed by atoms with van der Waals surface area (Å²) >= 11 is 0. The molecule has 1 heterocycles. The number of ether oxygens (including phenoxy) is 2. The molecular weight excluding hydrogens is 249 g/mol. The summed E-state index contributed by atoms with van der Waals surface area (Å²) in [5, 5.41) is 2.57. The van der Waals surface area contributed by atoms with Gasteiger partial charge in [0.05, 0.1) is 25.3 Å². The molecule has 0 aromatic heterocycles. The molecular formula is C11H13ClFNO3. The molecule has 1 aromatic rings. The van der Waals surface area contributed by atoms with Gasteiger partial charge in [-0.15, -0.1) is 12.4 Å². The summed E-state index contributed by atoms with van der Waals surface area (Å²) in [6, 6.07) is 4.19. The number of carbonyl (C=O) groups excluding carboxylic acids is 1. The Balaban J connectivity index is 0.00000144. The highest BCUT2D eigenvalue weighted by Crippen LogP contribution is 2.31. The predicted molar refractivity (Wildman–Crippen MR) is 62.0 cm³/mol. The number of alkyl carbamates (subject to hydrolysis) is 1. The molecule has 1 fully saturated rings. The zero-order chi connectivity index (χ0) is 11.5. The van der Waals surface area contributed by atoms with Crippen molar-refractivity contribution in [3.05, 3.63) is 29.6 Å². The van der Waals surface area contributed by atoms with Crippen LogP contribution in [0.1, 0.15) is 18.0 Å². The Morgan fingerprint density at radius 2 is 2.29 bits per heavy atom. The first kappa shape index (κ1) is 13.6. The lowest BCUT2D eigenvalue weighted by Crippen LogP contribution is -2.35. The lowest BCUT2D eigenvalue weighted by molar-refractivity contribution is 0.114. The molecule has 6 heteroatoms. The fourth-order valence-electron chi connectivity index (χ4n) is 1.78. The van der Waals surface area contributed by atoms with Gasteiger partial charge in [-0.2, -0.15) is 0 Å². The van der Waals surface area contributed by atoms with Crippen LogP contribution >= 0.6 is 12.4 Å². The Morgan fingerprint density at radius 1 is 1.53 bits per heavy atom. The molecule has 4 nitrogen and oxygen atoms in total. The Bertz CT molecular complexity index is 414. The molecule has 0 spiro atoms. The second kappa shape index (κ2) is 5.72. The smallest absolute Gasteiger partial charge is 0.407 e. The summed E-state index contributed by atoms with van der Waals surface area (Å²) in [5.41, 5.74) is 0.377. The summed E-state index contributed by atoms with van der Waals surface area (Å²) in [5.74, 6) is 0.0544. The average Bonchev–Trinajstić information content (AvgIpc) is 2.28. The molecule has 1 amide bonds. The highest BCUT2D eigenvalue weighted by molar-refractivity contribution is 5.85. The van der Waals surface area contributed by atoms with Gasteiger partial charge in [-0.3, -0.25) is 0 Å². The largest absolute Gasteiger partial charge is 0.496 e. The third-order valence-electron chi connectivity index (χ3n) is 2.51. The van der Waals surface area contributed by atoms with Crippen LogP contribution in [0.15, 0.2) is 18.2 Å². The zero-order valence-corrected chi connectivity index (χ0v) is 10.1. The fraction of sp³-hybridized carbons (Fsp3) is 0.364. The molecule has 94 valence electrons. The number of carbonyl (C=O) groups is 1. The standard InChI is InChI=1S/C11H12FNO3.ClH/c1-15-9-4-2-3-7(12)10(9)8-5-6-16-11(14)13-8;/h2-4,8H,5-6H2,1H3,(H,13,14);1H/t8-;/m0./s1. The Morgan fingerprint density at radius 3 is 2.94 bits per heavy atom. The van der Waals surface area contributed by atoms with Crippen molar-refractivity contribution < 1.29 is 18.7 Å². The van der Waals surface area contributed by atoms with Crippen LogP contribution in [-0.2, 0) is 4.74 Å². The van der Waals surface area contributed by atoms with Crippen molar-refractivity contribution >= 4 is 18.5 Å². The molecule has 1 N–H and O–H groups in total. The maximum atomic E-state index is 13.7. The van der Waals surface area contributed by atoms with Gasteiger partial charge in [-0.1, -0.05) is 6.07 Å². The third-order valence-corrected chi connectivity index (χ3v) is 2.51. The number of rotatable bonds is 2. The Labute approximate surface area is 105 Å². The lowest BCUT2D eigenvalue weighted by atomic mass is 10.0. The van der Waals surface area contributed by atoms with Crippen molar-refractivity contribution in [2.75, 3.05) is 13.7 Å². The van der Waals surface area contributed by atoms with Gasteiger partial charge in [0, 0.05) is 6.42 Å². The van der Waals surface area contributed by atoms with Gasteiger partial charge >= 0.3 is 6.09 Å². The predicted octanol–water partition coefficient (Wildman–Crippen LogP) is 2.43. The molecule has 2 rings (SSSR count). The molecule has 1 aliphatic heterocycles. The Hall–Kier alpha value is -1.49. The molecule has 0 radical (unpaired) electrons. The van der Waals surface area contributed by atoms with E-state index >= 15 is 0 Å². The van der Waals surface area contributed by atoms with Crippen LogP contribution < -0.4 is 10.1 Å². The van der Waals surface area contributed by atoms with Crippen LogP contribution in [0.3, 0.4) is 0 Å². The maximum Gasteiger partial charge on any atom is 0.407 e. The average molecular weight is 262 g/mol. The van der Waals surface area contributed by atoms with Crippen molar-refractivity contribution in [1.82, 2.24) is 5.32 Å². The molecule has 1 aromatic carbocycles. The minimum atomic E-state index is -0.526. The van der Waals surface area contributed by atoms with Crippen molar-refractivity contribution in [3.8, 4) is 5.75 Å². The molecule has 0 aliphatic carbocycles. The number of hydrogen-bond acceptors (Lipinski definition) is 3. The highest BCUT2D eigenvalue weighted by atomic mass is 35.5. The number of halogens is 2. The highest BCUT2D eigenvalue weighted by Gasteiger charge is 2.26. The summed E-state index contributed by atoms with van der Waals surface area (Å²) in [6.45, 7) is 0.286. The number of amides is 1. The Kier molecular flexibility index (Phi) is 4.57. The van der Waals surface area contributed by atoms with Crippen molar-refractivity contribution in [1.29, 1.82) is 0 Å². The minimum Gasteiger partial charge on any atom is -0.496 e. The molecule has 17 heavy (non-hydrogen) atoms. The van der Waals surface area contributed by atoms with Crippen LogP contribution in [0.2, 0.25) is 0 Å². The number of cyclic esters (lactones) is 1. The van der Waals surface area contributed by atoms with Crippen LogP contribution in [0, 0.1) is 5.82 Å².